The molecule has 3 N–H and O–H groups in total. The fourth-order valence-corrected chi connectivity index (χ4v) is 5.81. The molecule has 1 saturated heterocycles. The second-order valence-corrected chi connectivity index (χ2v) is 10.3. The van der Waals surface area contributed by atoms with Crippen LogP contribution in [-0.2, 0) is 9.59 Å². The van der Waals surface area contributed by atoms with E-state index in [4.69, 9.17) is 23.2 Å². The number of piperidine rings is 1. The summed E-state index contributed by atoms with van der Waals surface area (Å²) in [4.78, 5) is 27.3. The monoisotopic (exact) mass is 491 g/mol. The summed E-state index contributed by atoms with van der Waals surface area (Å²) in [5.41, 5.74) is 0.517. The lowest BCUT2D eigenvalue weighted by molar-refractivity contribution is -0.163. The van der Waals surface area contributed by atoms with E-state index >= 15 is 0 Å². The number of nitrogens with zero attached hydrogens (tertiary/aromatic N) is 1. The zero-order chi connectivity index (χ0) is 23.9. The molecule has 1 aliphatic carbocycles. The highest BCUT2D eigenvalue weighted by molar-refractivity contribution is 6.30. The second-order valence-electron chi connectivity index (χ2n) is 9.41. The van der Waals surface area contributed by atoms with Gasteiger partial charge >= 0.3 is 5.97 Å². The minimum atomic E-state index is -1.19. The number of aliphatic carboxylic acids is 1. The molecule has 33 heavy (non-hydrogen) atoms. The molecule has 2 aliphatic rings. The van der Waals surface area contributed by atoms with Crippen molar-refractivity contribution in [2.24, 2.45) is 5.41 Å². The molecule has 2 fully saturated rings. The van der Waals surface area contributed by atoms with Gasteiger partial charge in [-0.2, -0.15) is 0 Å². The summed E-state index contributed by atoms with van der Waals surface area (Å²) in [6.07, 6.45) is -1.31. The number of aliphatic hydroxyl groups is 2. The van der Waals surface area contributed by atoms with Crippen molar-refractivity contribution < 1.29 is 24.9 Å². The number of amides is 1. The van der Waals surface area contributed by atoms with E-state index in [1.54, 1.807) is 30.0 Å². The maximum absolute atomic E-state index is 13.9. The van der Waals surface area contributed by atoms with Gasteiger partial charge in [0.25, 0.3) is 0 Å². The maximum Gasteiger partial charge on any atom is 0.304 e. The lowest BCUT2D eigenvalue weighted by Gasteiger charge is -2.52. The topological polar surface area (TPSA) is 98.1 Å². The molecule has 0 aromatic heterocycles. The zero-order valence-corrected chi connectivity index (χ0v) is 19.7. The predicted octanol–water partition coefficient (Wildman–Crippen LogP) is 4.42. The molecule has 176 valence electrons. The Morgan fingerprint density at radius 1 is 1.06 bits per heavy atom. The molecule has 1 amide bonds. The largest absolute Gasteiger partial charge is 0.481 e. The lowest BCUT2D eigenvalue weighted by Crippen LogP contribution is -2.58. The Kier molecular flexibility index (Phi) is 6.74. The third-order valence-electron chi connectivity index (χ3n) is 7.04. The number of carbonyl (C=O) groups excluding carboxylic acids is 1. The Hall–Kier alpha value is -2.12. The fraction of sp³-hybridized carbons (Fsp3) is 0.440. The number of carboxylic acid groups (broad SMARTS) is 1. The first-order valence-corrected chi connectivity index (χ1v) is 11.8. The maximum atomic E-state index is 13.9. The molecule has 6 atom stereocenters. The standard InChI is InChI=1S/C25H27Cl2NO5/c1-25(13-21(30)31)12-18(15-3-2-4-17(27)11-15)22(14-5-7-16(26)8-6-14)28(24(25)33)19-9-10-20(29)23(19)32/h2-8,11,18-20,22-23,29,32H,9-10,12-13H2,1H3,(H,30,31). The second kappa shape index (κ2) is 9.26. The van der Waals surface area contributed by atoms with Crippen molar-refractivity contribution in [3.8, 4) is 0 Å². The Morgan fingerprint density at radius 3 is 2.33 bits per heavy atom. The van der Waals surface area contributed by atoms with Gasteiger partial charge in [-0.25, -0.2) is 0 Å². The van der Waals surface area contributed by atoms with E-state index in [9.17, 15) is 24.9 Å². The van der Waals surface area contributed by atoms with Crippen molar-refractivity contribution in [1.82, 2.24) is 4.90 Å². The highest BCUT2D eigenvalue weighted by atomic mass is 35.5. The van der Waals surface area contributed by atoms with E-state index < -0.39 is 35.7 Å². The van der Waals surface area contributed by atoms with Gasteiger partial charge in [0.1, 0.15) is 6.10 Å². The molecule has 2 aromatic rings. The van der Waals surface area contributed by atoms with E-state index in [1.807, 2.05) is 30.3 Å². The van der Waals surface area contributed by atoms with Crippen molar-refractivity contribution in [2.45, 2.75) is 62.8 Å². The van der Waals surface area contributed by atoms with Crippen molar-refractivity contribution in [2.75, 3.05) is 0 Å². The molecule has 4 rings (SSSR count). The summed E-state index contributed by atoms with van der Waals surface area (Å²) in [7, 11) is 0. The van der Waals surface area contributed by atoms with Crippen LogP contribution in [-0.4, -0.2) is 50.3 Å². The van der Waals surface area contributed by atoms with E-state index in [0.29, 0.717) is 29.3 Å². The molecule has 6 unspecified atom stereocenters. The van der Waals surface area contributed by atoms with Crippen LogP contribution in [0.5, 0.6) is 0 Å². The Morgan fingerprint density at radius 2 is 1.76 bits per heavy atom. The molecule has 0 radical (unpaired) electrons. The van der Waals surface area contributed by atoms with E-state index in [-0.39, 0.29) is 18.2 Å². The fourth-order valence-electron chi connectivity index (χ4n) is 5.49. The SMILES string of the molecule is CC1(CC(=O)O)CC(c2cccc(Cl)c2)C(c2ccc(Cl)cc2)N(C2CCC(O)C2O)C1=O. The van der Waals surface area contributed by atoms with Crippen molar-refractivity contribution in [3.63, 3.8) is 0 Å². The summed E-state index contributed by atoms with van der Waals surface area (Å²) in [6, 6.07) is 13.4. The van der Waals surface area contributed by atoms with Crippen LogP contribution in [0.3, 0.4) is 0 Å². The van der Waals surface area contributed by atoms with Gasteiger partial charge in [-0.05, 0) is 54.7 Å². The van der Waals surface area contributed by atoms with Gasteiger partial charge in [0.15, 0.2) is 0 Å². The molecule has 6 nitrogen and oxygen atoms in total. The van der Waals surface area contributed by atoms with Gasteiger partial charge in [-0.15, -0.1) is 0 Å². The van der Waals surface area contributed by atoms with Gasteiger partial charge < -0.3 is 20.2 Å². The van der Waals surface area contributed by atoms with Crippen LogP contribution < -0.4 is 0 Å². The van der Waals surface area contributed by atoms with Gasteiger partial charge in [0.2, 0.25) is 5.91 Å². The summed E-state index contributed by atoms with van der Waals surface area (Å²) >= 11 is 12.4. The number of carboxylic acids is 1. The van der Waals surface area contributed by atoms with Gasteiger partial charge in [0, 0.05) is 16.0 Å². The van der Waals surface area contributed by atoms with Crippen LogP contribution >= 0.6 is 23.2 Å². The van der Waals surface area contributed by atoms with Gasteiger partial charge in [-0.3, -0.25) is 9.59 Å². The number of hydrogen-bond donors (Lipinski definition) is 3. The molecule has 1 heterocycles. The molecule has 1 aliphatic heterocycles. The highest BCUT2D eigenvalue weighted by Crippen LogP contribution is 2.53. The van der Waals surface area contributed by atoms with Crippen LogP contribution in [0.2, 0.25) is 10.0 Å². The average molecular weight is 492 g/mol. The number of likely N-dealkylation sites (tertiary alicyclic amines) is 1. The summed E-state index contributed by atoms with van der Waals surface area (Å²) < 4.78 is 0. The van der Waals surface area contributed by atoms with Crippen LogP contribution in [0.4, 0.5) is 0 Å². The Bertz CT molecular complexity index is 1050. The van der Waals surface area contributed by atoms with Gasteiger partial charge in [0.05, 0.1) is 30.0 Å². The quantitative estimate of drug-likeness (QED) is 0.574. The van der Waals surface area contributed by atoms with Crippen LogP contribution in [0, 0.1) is 5.41 Å². The van der Waals surface area contributed by atoms with Crippen LogP contribution in [0.15, 0.2) is 48.5 Å². The number of aliphatic hydroxyl groups excluding tert-OH is 2. The lowest BCUT2D eigenvalue weighted by atomic mass is 9.67. The first-order chi connectivity index (χ1) is 15.6. The average Bonchev–Trinajstić information content (AvgIpc) is 3.08. The molecule has 1 saturated carbocycles. The number of hydrogen-bond acceptors (Lipinski definition) is 4. The van der Waals surface area contributed by atoms with Crippen molar-refractivity contribution in [1.29, 1.82) is 0 Å². The van der Waals surface area contributed by atoms with E-state index in [0.717, 1.165) is 11.1 Å². The van der Waals surface area contributed by atoms with Crippen molar-refractivity contribution >= 4 is 35.1 Å². The predicted molar refractivity (Wildman–Crippen MR) is 125 cm³/mol. The summed E-state index contributed by atoms with van der Waals surface area (Å²) in [5.74, 6) is -1.68. The van der Waals surface area contributed by atoms with Crippen LogP contribution in [0.1, 0.15) is 55.7 Å². The minimum Gasteiger partial charge on any atom is -0.481 e. The first-order valence-electron chi connectivity index (χ1n) is 11.0. The summed E-state index contributed by atoms with van der Waals surface area (Å²) in [5, 5.41) is 31.8. The highest BCUT2D eigenvalue weighted by Gasteiger charge is 2.54. The number of rotatable bonds is 5. The molecular weight excluding hydrogens is 465 g/mol. The van der Waals surface area contributed by atoms with E-state index in [2.05, 4.69) is 0 Å². The molecule has 8 heteroatoms. The third kappa shape index (κ3) is 4.62. The minimum absolute atomic E-state index is 0.281. The Balaban J connectivity index is 1.90. The molecular formula is C25H27Cl2NO5. The Labute approximate surface area is 202 Å². The summed E-state index contributed by atoms with van der Waals surface area (Å²) in [6.45, 7) is 1.67. The normalized spacial score (nSPS) is 32.2. The third-order valence-corrected chi connectivity index (χ3v) is 7.52. The van der Waals surface area contributed by atoms with Crippen molar-refractivity contribution in [3.05, 3.63) is 69.7 Å². The zero-order valence-electron chi connectivity index (χ0n) is 18.2. The van der Waals surface area contributed by atoms with E-state index in [1.165, 1.54) is 0 Å². The number of benzene rings is 2. The molecule has 0 bridgehead atoms. The number of halogens is 2. The molecule has 2 aromatic carbocycles. The van der Waals surface area contributed by atoms with Crippen LogP contribution in [0.25, 0.3) is 0 Å². The van der Waals surface area contributed by atoms with Gasteiger partial charge in [-0.1, -0.05) is 54.4 Å². The smallest absolute Gasteiger partial charge is 0.304 e. The first kappa shape index (κ1) is 24.0. The number of carbonyl (C=O) groups is 2. The molecule has 0 spiro atoms.